The number of carboxylic acids is 1. The van der Waals surface area contributed by atoms with Crippen molar-refractivity contribution in [3.63, 3.8) is 0 Å². The van der Waals surface area contributed by atoms with Crippen LogP contribution in [0.1, 0.15) is 15.9 Å². The van der Waals surface area contributed by atoms with E-state index in [2.05, 4.69) is 0 Å². The molecule has 0 unspecified atom stereocenters. The molecule has 0 fully saturated rings. The summed E-state index contributed by atoms with van der Waals surface area (Å²) in [6.45, 7) is 1.78. The summed E-state index contributed by atoms with van der Waals surface area (Å²) < 4.78 is 0. The zero-order chi connectivity index (χ0) is 8.43. The Morgan fingerprint density at radius 1 is 1.50 bits per heavy atom. The van der Waals surface area contributed by atoms with Crippen molar-refractivity contribution in [2.45, 2.75) is 6.92 Å². The highest BCUT2D eigenvalue weighted by Crippen LogP contribution is 2.12. The zero-order valence-electron chi connectivity index (χ0n) is 6.57. The molecule has 0 spiro atoms. The molecule has 0 aliphatic heterocycles. The minimum absolute atomic E-state index is 0. The number of carbonyl (C=O) groups is 1. The van der Waals surface area contributed by atoms with Gasteiger partial charge in [0.25, 0.3) is 0 Å². The molecule has 0 radical (unpaired) electrons. The number of anilines is 1. The van der Waals surface area contributed by atoms with Crippen LogP contribution in [0.5, 0.6) is 0 Å². The fraction of sp³-hybridized carbons (Fsp3) is 0.125. The molecule has 3 nitrogen and oxygen atoms in total. The first kappa shape index (κ1) is 10.8. The van der Waals surface area contributed by atoms with Gasteiger partial charge >= 0.3 is 5.97 Å². The number of nitrogen functional groups attached to an aromatic ring is 1. The number of nitrogens with two attached hydrogens (primary N) is 1. The summed E-state index contributed by atoms with van der Waals surface area (Å²) >= 11 is 0. The van der Waals surface area contributed by atoms with E-state index in [0.29, 0.717) is 5.69 Å². The first-order chi connectivity index (χ1) is 5.11. The van der Waals surface area contributed by atoms with Gasteiger partial charge in [-0.2, -0.15) is 0 Å². The lowest BCUT2D eigenvalue weighted by atomic mass is 10.1. The molecule has 1 aromatic rings. The lowest BCUT2D eigenvalue weighted by Gasteiger charge is -1.99. The van der Waals surface area contributed by atoms with Crippen LogP contribution in [0, 0.1) is 6.92 Å². The van der Waals surface area contributed by atoms with E-state index in [0.717, 1.165) is 5.56 Å². The number of aryl methyl sites for hydroxylation is 1. The lowest BCUT2D eigenvalue weighted by molar-refractivity contribution is 0.0697. The second kappa shape index (κ2) is 3.97. The van der Waals surface area contributed by atoms with E-state index in [1.807, 2.05) is 0 Å². The molecular formula is C8H10ClNO2. The van der Waals surface area contributed by atoms with E-state index in [4.69, 9.17) is 10.8 Å². The second-order valence-electron chi connectivity index (χ2n) is 2.38. The summed E-state index contributed by atoms with van der Waals surface area (Å²) in [5.74, 6) is -0.923. The van der Waals surface area contributed by atoms with Gasteiger partial charge in [-0.3, -0.25) is 0 Å². The summed E-state index contributed by atoms with van der Waals surface area (Å²) in [4.78, 5) is 10.4. The molecule has 0 aromatic heterocycles. The first-order valence-corrected chi connectivity index (χ1v) is 3.20. The molecule has 0 amide bonds. The molecule has 12 heavy (non-hydrogen) atoms. The van der Waals surface area contributed by atoms with Gasteiger partial charge < -0.3 is 10.8 Å². The molecule has 0 aliphatic rings. The van der Waals surface area contributed by atoms with E-state index in [-0.39, 0.29) is 18.0 Å². The Hall–Kier alpha value is -1.22. The highest BCUT2D eigenvalue weighted by Gasteiger charge is 2.02. The summed E-state index contributed by atoms with van der Waals surface area (Å²) in [6, 6.07) is 4.64. The molecule has 0 saturated heterocycles. The Kier molecular flexibility index (Phi) is 3.57. The third-order valence-electron chi connectivity index (χ3n) is 1.52. The van der Waals surface area contributed by atoms with E-state index < -0.39 is 5.97 Å². The molecule has 0 bridgehead atoms. The Labute approximate surface area is 76.6 Å². The largest absolute Gasteiger partial charge is 0.478 e. The van der Waals surface area contributed by atoms with Crippen molar-refractivity contribution in [2.24, 2.45) is 0 Å². The van der Waals surface area contributed by atoms with Gasteiger partial charge in [0.05, 0.1) is 5.56 Å². The third-order valence-corrected chi connectivity index (χ3v) is 1.52. The lowest BCUT2D eigenvalue weighted by Crippen LogP contribution is -1.98. The van der Waals surface area contributed by atoms with Crippen molar-refractivity contribution in [2.75, 3.05) is 5.73 Å². The van der Waals surface area contributed by atoms with E-state index in [1.165, 1.54) is 6.07 Å². The van der Waals surface area contributed by atoms with Crippen LogP contribution >= 0.6 is 12.4 Å². The maximum atomic E-state index is 10.4. The van der Waals surface area contributed by atoms with E-state index >= 15 is 0 Å². The van der Waals surface area contributed by atoms with Crippen LogP contribution in [0.4, 0.5) is 5.69 Å². The number of aromatic carboxylic acids is 1. The number of hydrogen-bond acceptors (Lipinski definition) is 2. The fourth-order valence-corrected chi connectivity index (χ4v) is 0.809. The molecule has 0 atom stereocenters. The quantitative estimate of drug-likeness (QED) is 0.658. The average molecular weight is 188 g/mol. The number of benzene rings is 1. The molecule has 0 saturated carbocycles. The van der Waals surface area contributed by atoms with Gasteiger partial charge in [-0.1, -0.05) is 0 Å². The van der Waals surface area contributed by atoms with Crippen LogP contribution in [-0.4, -0.2) is 11.1 Å². The van der Waals surface area contributed by atoms with Crippen LogP contribution < -0.4 is 5.73 Å². The van der Waals surface area contributed by atoms with Crippen molar-refractivity contribution in [3.05, 3.63) is 29.3 Å². The van der Waals surface area contributed by atoms with Crippen molar-refractivity contribution in [1.29, 1.82) is 0 Å². The predicted molar refractivity (Wildman–Crippen MR) is 49.8 cm³/mol. The summed E-state index contributed by atoms with van der Waals surface area (Å²) in [5, 5.41) is 8.56. The number of carboxylic acid groups (broad SMARTS) is 1. The van der Waals surface area contributed by atoms with Gasteiger partial charge in [-0.25, -0.2) is 4.79 Å². The van der Waals surface area contributed by atoms with Crippen molar-refractivity contribution in [1.82, 2.24) is 0 Å². The summed E-state index contributed by atoms with van der Waals surface area (Å²) in [5.41, 5.74) is 7.19. The number of rotatable bonds is 1. The smallest absolute Gasteiger partial charge is 0.335 e. The van der Waals surface area contributed by atoms with Gasteiger partial charge in [0.2, 0.25) is 0 Å². The molecule has 0 aliphatic carbocycles. The van der Waals surface area contributed by atoms with E-state index in [9.17, 15) is 4.79 Å². The molecule has 0 heterocycles. The van der Waals surface area contributed by atoms with Crippen molar-refractivity contribution < 1.29 is 9.90 Å². The normalized spacial score (nSPS) is 8.75. The maximum absolute atomic E-state index is 10.4. The predicted octanol–water partition coefficient (Wildman–Crippen LogP) is 1.70. The summed E-state index contributed by atoms with van der Waals surface area (Å²) in [7, 11) is 0. The Balaban J connectivity index is 0.00000121. The van der Waals surface area contributed by atoms with Crippen LogP contribution in [0.3, 0.4) is 0 Å². The maximum Gasteiger partial charge on any atom is 0.335 e. The topological polar surface area (TPSA) is 63.3 Å². The number of hydrogen-bond donors (Lipinski definition) is 2. The van der Waals surface area contributed by atoms with Crippen LogP contribution in [-0.2, 0) is 0 Å². The molecule has 1 aromatic carbocycles. The van der Waals surface area contributed by atoms with Gasteiger partial charge in [-0.15, -0.1) is 12.4 Å². The molecule has 1 rings (SSSR count). The van der Waals surface area contributed by atoms with Crippen molar-refractivity contribution in [3.8, 4) is 0 Å². The van der Waals surface area contributed by atoms with Gasteiger partial charge in [0.15, 0.2) is 0 Å². The van der Waals surface area contributed by atoms with Crippen LogP contribution in [0.15, 0.2) is 18.2 Å². The Bertz CT molecular complexity index is 299. The standard InChI is InChI=1S/C8H9NO2.ClH/c1-5-4-6(8(10)11)2-3-7(5)9;/h2-4H,9H2,1H3,(H,10,11);1H. The van der Waals surface area contributed by atoms with Crippen molar-refractivity contribution >= 4 is 24.1 Å². The molecular weight excluding hydrogens is 178 g/mol. The number of halogens is 1. The van der Waals surface area contributed by atoms with Gasteiger partial charge in [-0.05, 0) is 30.7 Å². The zero-order valence-corrected chi connectivity index (χ0v) is 7.39. The van der Waals surface area contributed by atoms with E-state index in [1.54, 1.807) is 19.1 Å². The van der Waals surface area contributed by atoms with Gasteiger partial charge in [0.1, 0.15) is 0 Å². The van der Waals surface area contributed by atoms with Gasteiger partial charge in [0, 0.05) is 5.69 Å². The molecule has 66 valence electrons. The molecule has 4 heteroatoms. The summed E-state index contributed by atoms with van der Waals surface area (Å²) in [6.07, 6.45) is 0. The fourth-order valence-electron chi connectivity index (χ4n) is 0.809. The second-order valence-corrected chi connectivity index (χ2v) is 2.38. The highest BCUT2D eigenvalue weighted by molar-refractivity contribution is 5.88. The van der Waals surface area contributed by atoms with Crippen LogP contribution in [0.25, 0.3) is 0 Å². The Morgan fingerprint density at radius 3 is 2.50 bits per heavy atom. The first-order valence-electron chi connectivity index (χ1n) is 3.20. The highest BCUT2D eigenvalue weighted by atomic mass is 35.5. The monoisotopic (exact) mass is 187 g/mol. The third kappa shape index (κ3) is 2.13. The van der Waals surface area contributed by atoms with Crippen LogP contribution in [0.2, 0.25) is 0 Å². The SMILES string of the molecule is Cc1cc(C(=O)O)ccc1N.Cl. The minimum atomic E-state index is -0.923. The average Bonchev–Trinajstić information content (AvgIpc) is 1.94. The Morgan fingerprint density at radius 2 is 2.08 bits per heavy atom. The molecule has 3 N–H and O–H groups in total. The minimum Gasteiger partial charge on any atom is -0.478 e.